The van der Waals surface area contributed by atoms with Gasteiger partial charge in [-0.15, -0.1) is 0 Å². The topological polar surface area (TPSA) is 94.9 Å². The molecule has 1 saturated heterocycles. The van der Waals surface area contributed by atoms with Crippen molar-refractivity contribution in [3.05, 3.63) is 48.4 Å². The monoisotopic (exact) mass is 398 g/mol. The second-order valence-electron chi connectivity index (χ2n) is 7.40. The molecule has 0 saturated carbocycles. The third-order valence-electron chi connectivity index (χ3n) is 5.04. The molecule has 29 heavy (non-hydrogen) atoms. The van der Waals surface area contributed by atoms with E-state index in [0.29, 0.717) is 17.5 Å². The number of carbonyl (C=O) groups is 3. The summed E-state index contributed by atoms with van der Waals surface area (Å²) in [7, 11) is 0. The van der Waals surface area contributed by atoms with Gasteiger partial charge in [-0.2, -0.15) is 0 Å². The predicted molar refractivity (Wildman–Crippen MR) is 110 cm³/mol. The first-order valence-corrected chi connectivity index (χ1v) is 9.61. The van der Waals surface area contributed by atoms with Crippen molar-refractivity contribution >= 4 is 29.2 Å². The largest absolute Gasteiger partial charge is 0.466 e. The highest BCUT2D eigenvalue weighted by atomic mass is 16.3. The first-order valence-electron chi connectivity index (χ1n) is 9.61. The van der Waals surface area contributed by atoms with E-state index >= 15 is 0 Å². The molecule has 0 aliphatic carbocycles. The molecule has 1 aromatic heterocycles. The summed E-state index contributed by atoms with van der Waals surface area (Å²) in [5.74, 6) is -0.667. The minimum atomic E-state index is -1.32. The standard InChI is InChI=1S/C21H26N4O4/c1-5-24(14(2)3)16-10-8-15(9-11-16)22-18(26)13-25-19(27)21(4,23-20(25)28)17-7-6-12-29-17/h6-12,14H,5,13H2,1-4H3,(H,22,26)(H,23,28)/t21-/m0/s1. The second-order valence-corrected chi connectivity index (χ2v) is 7.40. The first-order chi connectivity index (χ1) is 13.8. The number of furan rings is 1. The molecule has 3 rings (SSSR count). The van der Waals surface area contributed by atoms with Gasteiger partial charge < -0.3 is 20.0 Å². The van der Waals surface area contributed by atoms with Crippen LogP contribution < -0.4 is 15.5 Å². The van der Waals surface area contributed by atoms with Gasteiger partial charge in [0.1, 0.15) is 12.3 Å². The number of rotatable bonds is 7. The molecule has 1 fully saturated rings. The van der Waals surface area contributed by atoms with Gasteiger partial charge in [0.15, 0.2) is 5.54 Å². The Kier molecular flexibility index (Phi) is 5.63. The lowest BCUT2D eigenvalue weighted by Crippen LogP contribution is -2.41. The van der Waals surface area contributed by atoms with Crippen LogP contribution >= 0.6 is 0 Å². The fourth-order valence-corrected chi connectivity index (χ4v) is 3.50. The molecular weight excluding hydrogens is 372 g/mol. The Bertz CT molecular complexity index is 892. The van der Waals surface area contributed by atoms with Gasteiger partial charge in [0.25, 0.3) is 5.91 Å². The van der Waals surface area contributed by atoms with E-state index in [1.165, 1.54) is 6.26 Å². The number of urea groups is 1. The number of anilines is 2. The zero-order chi connectivity index (χ0) is 21.2. The summed E-state index contributed by atoms with van der Waals surface area (Å²) >= 11 is 0. The van der Waals surface area contributed by atoms with E-state index in [-0.39, 0.29) is 6.54 Å². The summed E-state index contributed by atoms with van der Waals surface area (Å²) in [4.78, 5) is 40.5. The summed E-state index contributed by atoms with van der Waals surface area (Å²) in [6.07, 6.45) is 1.43. The number of hydrogen-bond acceptors (Lipinski definition) is 5. The molecule has 2 heterocycles. The molecule has 2 N–H and O–H groups in total. The van der Waals surface area contributed by atoms with Crippen LogP contribution in [0.2, 0.25) is 0 Å². The number of amides is 4. The predicted octanol–water partition coefficient (Wildman–Crippen LogP) is 2.92. The van der Waals surface area contributed by atoms with Crippen LogP contribution in [0.1, 0.15) is 33.5 Å². The lowest BCUT2D eigenvalue weighted by atomic mass is 9.99. The van der Waals surface area contributed by atoms with Gasteiger partial charge in [-0.1, -0.05) is 0 Å². The number of nitrogens with zero attached hydrogens (tertiary/aromatic N) is 2. The smallest absolute Gasteiger partial charge is 0.325 e. The SMILES string of the molecule is CCN(c1ccc(NC(=O)CN2C(=O)N[C@@](C)(c3ccco3)C2=O)cc1)C(C)C. The van der Waals surface area contributed by atoms with Crippen molar-refractivity contribution in [1.29, 1.82) is 0 Å². The quantitative estimate of drug-likeness (QED) is 0.700. The van der Waals surface area contributed by atoms with Gasteiger partial charge >= 0.3 is 6.03 Å². The Morgan fingerprint density at radius 1 is 1.24 bits per heavy atom. The maximum atomic E-state index is 12.7. The van der Waals surface area contributed by atoms with Crippen molar-refractivity contribution < 1.29 is 18.8 Å². The molecule has 154 valence electrons. The number of nitrogens with one attached hydrogen (secondary N) is 2. The summed E-state index contributed by atoms with van der Waals surface area (Å²) in [5.41, 5.74) is 0.339. The summed E-state index contributed by atoms with van der Waals surface area (Å²) in [6, 6.07) is 10.5. The highest BCUT2D eigenvalue weighted by molar-refractivity contribution is 6.10. The molecule has 8 nitrogen and oxygen atoms in total. The van der Waals surface area contributed by atoms with Crippen molar-refractivity contribution in [3.63, 3.8) is 0 Å². The Hall–Kier alpha value is -3.29. The summed E-state index contributed by atoms with van der Waals surface area (Å²) < 4.78 is 5.28. The minimum Gasteiger partial charge on any atom is -0.466 e. The van der Waals surface area contributed by atoms with Crippen LogP contribution in [0.25, 0.3) is 0 Å². The van der Waals surface area contributed by atoms with E-state index in [4.69, 9.17) is 4.42 Å². The average molecular weight is 398 g/mol. The molecule has 4 amide bonds. The highest BCUT2D eigenvalue weighted by Gasteiger charge is 2.51. The molecule has 1 atom stereocenters. The van der Waals surface area contributed by atoms with Crippen molar-refractivity contribution in [2.45, 2.75) is 39.3 Å². The Morgan fingerprint density at radius 3 is 2.48 bits per heavy atom. The molecule has 1 aromatic carbocycles. The molecule has 2 aromatic rings. The lowest BCUT2D eigenvalue weighted by Gasteiger charge is -2.27. The van der Waals surface area contributed by atoms with Crippen LogP contribution in [0, 0.1) is 0 Å². The van der Waals surface area contributed by atoms with Crippen LogP contribution in [0.15, 0.2) is 47.1 Å². The van der Waals surface area contributed by atoms with Crippen LogP contribution in [0.4, 0.5) is 16.2 Å². The van der Waals surface area contributed by atoms with Crippen LogP contribution in [-0.4, -0.2) is 41.9 Å². The van der Waals surface area contributed by atoms with Gasteiger partial charge in [0, 0.05) is 24.0 Å². The van der Waals surface area contributed by atoms with Crippen LogP contribution in [0.3, 0.4) is 0 Å². The fraction of sp³-hybridized carbons (Fsp3) is 0.381. The average Bonchev–Trinajstić information content (AvgIpc) is 3.28. The van der Waals surface area contributed by atoms with Gasteiger partial charge in [-0.05, 0) is 64.1 Å². The number of carbonyl (C=O) groups excluding carboxylic acids is 3. The fourth-order valence-electron chi connectivity index (χ4n) is 3.50. The third-order valence-corrected chi connectivity index (χ3v) is 5.04. The Morgan fingerprint density at radius 2 is 1.93 bits per heavy atom. The van der Waals surface area contributed by atoms with E-state index < -0.39 is 23.4 Å². The molecule has 0 unspecified atom stereocenters. The van der Waals surface area contributed by atoms with Gasteiger partial charge in [0.05, 0.1) is 6.26 Å². The lowest BCUT2D eigenvalue weighted by molar-refractivity contribution is -0.134. The van der Waals surface area contributed by atoms with Gasteiger partial charge in [0.2, 0.25) is 5.91 Å². The van der Waals surface area contributed by atoms with Crippen molar-refractivity contribution in [3.8, 4) is 0 Å². The van der Waals surface area contributed by atoms with Crippen LogP contribution in [-0.2, 0) is 15.1 Å². The molecule has 8 heteroatoms. The van der Waals surface area contributed by atoms with Gasteiger partial charge in [-0.3, -0.25) is 14.5 Å². The van der Waals surface area contributed by atoms with E-state index in [9.17, 15) is 14.4 Å². The molecule has 0 radical (unpaired) electrons. The van der Waals surface area contributed by atoms with E-state index in [0.717, 1.165) is 17.1 Å². The molecule has 1 aliphatic heterocycles. The summed E-state index contributed by atoms with van der Waals surface area (Å²) in [6.45, 7) is 8.38. The number of hydrogen-bond donors (Lipinski definition) is 2. The molecular formula is C21H26N4O4. The molecule has 0 spiro atoms. The molecule has 0 bridgehead atoms. The molecule has 1 aliphatic rings. The Labute approximate surface area is 169 Å². The maximum absolute atomic E-state index is 12.7. The number of imide groups is 1. The Balaban J connectivity index is 1.65. The third kappa shape index (κ3) is 3.96. The first kappa shape index (κ1) is 20.4. The zero-order valence-electron chi connectivity index (χ0n) is 17.1. The van der Waals surface area contributed by atoms with E-state index in [1.54, 1.807) is 31.2 Å². The van der Waals surface area contributed by atoms with Gasteiger partial charge in [-0.25, -0.2) is 4.79 Å². The van der Waals surface area contributed by atoms with Crippen molar-refractivity contribution in [2.24, 2.45) is 0 Å². The maximum Gasteiger partial charge on any atom is 0.325 e. The summed E-state index contributed by atoms with van der Waals surface area (Å²) in [5, 5.41) is 5.33. The van der Waals surface area contributed by atoms with Crippen LogP contribution in [0.5, 0.6) is 0 Å². The van der Waals surface area contributed by atoms with E-state index in [2.05, 4.69) is 36.3 Å². The van der Waals surface area contributed by atoms with E-state index in [1.807, 2.05) is 12.1 Å². The normalized spacial score (nSPS) is 18.9. The minimum absolute atomic E-state index is 0.319. The zero-order valence-corrected chi connectivity index (χ0v) is 17.1. The van der Waals surface area contributed by atoms with Crippen molar-refractivity contribution in [2.75, 3.05) is 23.3 Å². The number of benzene rings is 1. The highest BCUT2D eigenvalue weighted by Crippen LogP contribution is 2.29. The second kappa shape index (κ2) is 7.98. The van der Waals surface area contributed by atoms with Crippen molar-refractivity contribution in [1.82, 2.24) is 10.2 Å².